The molecule has 1 N–H and O–H groups in total. The van der Waals surface area contributed by atoms with E-state index in [4.69, 9.17) is 0 Å². The van der Waals surface area contributed by atoms with E-state index in [-0.39, 0.29) is 0 Å². The van der Waals surface area contributed by atoms with Crippen molar-refractivity contribution in [2.75, 3.05) is 0 Å². The standard InChI is InChI=1S/C11H17FN4/c1-16-7-10(14-15-16)6-11(12)4-8-2-3-9(5-11)13-8/h7-9,13H,2-6H2,1H3. The van der Waals surface area contributed by atoms with Crippen LogP contribution in [0.4, 0.5) is 4.39 Å². The molecule has 0 saturated carbocycles. The van der Waals surface area contributed by atoms with Crippen LogP contribution in [-0.2, 0) is 13.5 Å². The molecule has 0 radical (unpaired) electrons. The number of fused-ring (bicyclic) bond motifs is 2. The second kappa shape index (κ2) is 3.52. The number of nitrogens with one attached hydrogen (secondary N) is 1. The summed E-state index contributed by atoms with van der Waals surface area (Å²) in [5.74, 6) is 0. The molecular weight excluding hydrogens is 207 g/mol. The van der Waals surface area contributed by atoms with Gasteiger partial charge < -0.3 is 5.32 Å². The molecule has 2 fully saturated rings. The van der Waals surface area contributed by atoms with Gasteiger partial charge in [0.1, 0.15) is 5.67 Å². The molecule has 2 aliphatic heterocycles. The molecule has 3 rings (SSSR count). The van der Waals surface area contributed by atoms with Gasteiger partial charge in [-0.15, -0.1) is 5.10 Å². The van der Waals surface area contributed by atoms with E-state index in [2.05, 4.69) is 15.6 Å². The normalized spacial score (nSPS) is 37.9. The summed E-state index contributed by atoms with van der Waals surface area (Å²) in [4.78, 5) is 0. The Morgan fingerprint density at radius 2 is 2.19 bits per heavy atom. The monoisotopic (exact) mass is 224 g/mol. The molecule has 4 nitrogen and oxygen atoms in total. The van der Waals surface area contributed by atoms with E-state index in [0.29, 0.717) is 31.3 Å². The Kier molecular flexibility index (Phi) is 2.24. The van der Waals surface area contributed by atoms with Crippen LogP contribution in [-0.4, -0.2) is 32.7 Å². The summed E-state index contributed by atoms with van der Waals surface area (Å²) in [7, 11) is 1.81. The number of halogens is 1. The molecule has 0 amide bonds. The second-order valence-corrected chi connectivity index (χ2v) is 5.26. The van der Waals surface area contributed by atoms with Gasteiger partial charge in [-0.1, -0.05) is 5.21 Å². The molecule has 3 heterocycles. The highest BCUT2D eigenvalue weighted by Gasteiger charge is 2.44. The third kappa shape index (κ3) is 1.84. The Labute approximate surface area is 94.2 Å². The van der Waals surface area contributed by atoms with Gasteiger partial charge in [-0.2, -0.15) is 0 Å². The van der Waals surface area contributed by atoms with Crippen molar-refractivity contribution in [2.45, 2.75) is 49.9 Å². The van der Waals surface area contributed by atoms with Crippen LogP contribution >= 0.6 is 0 Å². The molecule has 0 spiro atoms. The lowest BCUT2D eigenvalue weighted by Crippen LogP contribution is -2.47. The van der Waals surface area contributed by atoms with E-state index < -0.39 is 5.67 Å². The van der Waals surface area contributed by atoms with Crippen LogP contribution in [0.25, 0.3) is 0 Å². The lowest BCUT2D eigenvalue weighted by molar-refractivity contribution is 0.0883. The van der Waals surface area contributed by atoms with Crippen LogP contribution in [0.1, 0.15) is 31.4 Å². The summed E-state index contributed by atoms with van der Waals surface area (Å²) in [5.41, 5.74) is -0.307. The van der Waals surface area contributed by atoms with E-state index in [1.165, 1.54) is 0 Å². The van der Waals surface area contributed by atoms with Crippen molar-refractivity contribution in [3.63, 3.8) is 0 Å². The van der Waals surface area contributed by atoms with Crippen LogP contribution in [0.5, 0.6) is 0 Å². The summed E-state index contributed by atoms with van der Waals surface area (Å²) in [6.45, 7) is 0. The highest BCUT2D eigenvalue weighted by molar-refractivity contribution is 5.07. The Hall–Kier alpha value is -0.970. The molecule has 88 valence electrons. The predicted molar refractivity (Wildman–Crippen MR) is 57.7 cm³/mol. The molecule has 2 atom stereocenters. The summed E-state index contributed by atoms with van der Waals surface area (Å²) >= 11 is 0. The number of nitrogens with zero attached hydrogens (tertiary/aromatic N) is 3. The molecule has 0 aliphatic carbocycles. The van der Waals surface area contributed by atoms with E-state index in [0.717, 1.165) is 18.5 Å². The van der Waals surface area contributed by atoms with Crippen molar-refractivity contribution in [3.05, 3.63) is 11.9 Å². The number of hydrogen-bond donors (Lipinski definition) is 1. The topological polar surface area (TPSA) is 42.7 Å². The van der Waals surface area contributed by atoms with Crippen molar-refractivity contribution >= 4 is 0 Å². The lowest BCUT2D eigenvalue weighted by atomic mass is 9.85. The number of aromatic nitrogens is 3. The molecule has 2 aliphatic rings. The Balaban J connectivity index is 1.74. The van der Waals surface area contributed by atoms with E-state index in [9.17, 15) is 4.39 Å². The van der Waals surface area contributed by atoms with Gasteiger partial charge >= 0.3 is 0 Å². The number of aryl methyl sites for hydroxylation is 1. The van der Waals surface area contributed by atoms with E-state index in [1.807, 2.05) is 13.2 Å². The van der Waals surface area contributed by atoms with Gasteiger partial charge in [0.2, 0.25) is 0 Å². The minimum absolute atomic E-state index is 0.375. The lowest BCUT2D eigenvalue weighted by Gasteiger charge is -2.34. The predicted octanol–water partition coefficient (Wildman–Crippen LogP) is 0.980. The zero-order valence-corrected chi connectivity index (χ0v) is 9.49. The molecule has 1 aromatic rings. The SMILES string of the molecule is Cn1cc(CC2(F)CC3CCC(C2)N3)nn1. The van der Waals surface area contributed by atoms with Crippen LogP contribution < -0.4 is 5.32 Å². The van der Waals surface area contributed by atoms with E-state index in [1.54, 1.807) is 4.68 Å². The second-order valence-electron chi connectivity index (χ2n) is 5.26. The van der Waals surface area contributed by atoms with Crippen LogP contribution in [0.2, 0.25) is 0 Å². The average molecular weight is 224 g/mol. The summed E-state index contributed by atoms with van der Waals surface area (Å²) in [5, 5.41) is 11.3. The van der Waals surface area contributed by atoms with Crippen molar-refractivity contribution in [3.8, 4) is 0 Å². The third-order valence-electron chi connectivity index (χ3n) is 3.71. The Morgan fingerprint density at radius 1 is 1.50 bits per heavy atom. The van der Waals surface area contributed by atoms with Gasteiger partial charge in [0.05, 0.1) is 5.69 Å². The first kappa shape index (κ1) is 10.2. The quantitative estimate of drug-likeness (QED) is 0.814. The van der Waals surface area contributed by atoms with Crippen LogP contribution in [0, 0.1) is 0 Å². The van der Waals surface area contributed by atoms with Gasteiger partial charge in [-0.3, -0.25) is 4.68 Å². The first-order chi connectivity index (χ1) is 7.63. The number of alkyl halides is 1. The molecule has 0 aromatic carbocycles. The van der Waals surface area contributed by atoms with Crippen molar-refractivity contribution in [2.24, 2.45) is 7.05 Å². The summed E-state index contributed by atoms with van der Waals surface area (Å²) < 4.78 is 16.3. The highest BCUT2D eigenvalue weighted by Crippen LogP contribution is 2.38. The number of rotatable bonds is 2. The van der Waals surface area contributed by atoms with E-state index >= 15 is 0 Å². The fourth-order valence-electron chi connectivity index (χ4n) is 3.14. The average Bonchev–Trinajstić information content (AvgIpc) is 2.73. The van der Waals surface area contributed by atoms with Gasteiger partial charge in [0.15, 0.2) is 0 Å². The zero-order valence-electron chi connectivity index (χ0n) is 9.49. The van der Waals surface area contributed by atoms with Crippen molar-refractivity contribution < 1.29 is 4.39 Å². The summed E-state index contributed by atoms with van der Waals surface area (Å²) in [6.07, 6.45) is 5.72. The fourth-order valence-corrected chi connectivity index (χ4v) is 3.14. The maximum atomic E-state index is 14.7. The van der Waals surface area contributed by atoms with Gasteiger partial charge in [-0.05, 0) is 25.7 Å². The van der Waals surface area contributed by atoms with Crippen LogP contribution in [0.15, 0.2) is 6.20 Å². The molecule has 2 unspecified atom stereocenters. The molecular formula is C11H17FN4. The third-order valence-corrected chi connectivity index (χ3v) is 3.71. The first-order valence-corrected chi connectivity index (χ1v) is 5.93. The minimum atomic E-state index is -1.08. The molecule has 1 aromatic heterocycles. The smallest absolute Gasteiger partial charge is 0.119 e. The molecule has 16 heavy (non-hydrogen) atoms. The zero-order chi connectivity index (χ0) is 11.2. The Morgan fingerprint density at radius 3 is 2.75 bits per heavy atom. The van der Waals surface area contributed by atoms with Gasteiger partial charge in [0.25, 0.3) is 0 Å². The molecule has 5 heteroatoms. The van der Waals surface area contributed by atoms with Crippen LogP contribution in [0.3, 0.4) is 0 Å². The fraction of sp³-hybridized carbons (Fsp3) is 0.818. The van der Waals surface area contributed by atoms with Gasteiger partial charge in [-0.25, -0.2) is 4.39 Å². The molecule has 2 saturated heterocycles. The Bertz CT molecular complexity index is 377. The first-order valence-electron chi connectivity index (χ1n) is 5.93. The van der Waals surface area contributed by atoms with Crippen molar-refractivity contribution in [1.82, 2.24) is 20.3 Å². The van der Waals surface area contributed by atoms with Gasteiger partial charge in [0, 0.05) is 31.7 Å². The van der Waals surface area contributed by atoms with Crippen molar-refractivity contribution in [1.29, 1.82) is 0 Å². The highest BCUT2D eigenvalue weighted by atomic mass is 19.1. The maximum Gasteiger partial charge on any atom is 0.119 e. The minimum Gasteiger partial charge on any atom is -0.311 e. The number of hydrogen-bond acceptors (Lipinski definition) is 3. The summed E-state index contributed by atoms with van der Waals surface area (Å²) in [6, 6.07) is 0.751. The number of piperidine rings is 1. The molecule has 2 bridgehead atoms. The largest absolute Gasteiger partial charge is 0.311 e. The maximum absolute atomic E-state index is 14.7.